The maximum absolute atomic E-state index is 14.6. The van der Waals surface area contributed by atoms with E-state index in [4.69, 9.17) is 43.6 Å². The monoisotopic (exact) mass is 1170 g/mol. The van der Waals surface area contributed by atoms with Gasteiger partial charge in [0.1, 0.15) is 30.5 Å². The molecule has 6 N–H and O–H groups in total. The Morgan fingerprint density at radius 2 is 1.53 bits per heavy atom. The number of carbonyl (C=O) groups is 5. The minimum absolute atomic E-state index is 0.000382. The molecule has 83 heavy (non-hydrogen) atoms. The van der Waals surface area contributed by atoms with Gasteiger partial charge in [-0.05, 0) is 108 Å². The van der Waals surface area contributed by atoms with Crippen LogP contribution in [-0.2, 0) is 57.1 Å². The summed E-state index contributed by atoms with van der Waals surface area (Å²) in [5.74, 6) is -7.71. The van der Waals surface area contributed by atoms with Gasteiger partial charge in [-0.25, -0.2) is 9.59 Å². The number of piperazine rings is 1. The molecule has 2 bridgehead atoms. The lowest BCUT2D eigenvalue weighted by molar-refractivity contribution is -0.265. The zero-order valence-electron chi connectivity index (χ0n) is 51.5. The third-order valence-electron chi connectivity index (χ3n) is 17.7. The molecule has 4 fully saturated rings. The average Bonchev–Trinajstić information content (AvgIpc) is 3.54. The van der Waals surface area contributed by atoms with Gasteiger partial charge < -0.3 is 74.1 Å². The van der Waals surface area contributed by atoms with Crippen LogP contribution in [0.15, 0.2) is 47.6 Å². The number of allylic oxidation sites excluding steroid dienone is 5. The van der Waals surface area contributed by atoms with Crippen LogP contribution in [0.4, 0.5) is 4.79 Å². The summed E-state index contributed by atoms with van der Waals surface area (Å²) in [6.07, 6.45) is 8.29. The number of aliphatic hydroxyl groups is 3. The van der Waals surface area contributed by atoms with Gasteiger partial charge in [-0.3, -0.25) is 19.3 Å². The number of Topliss-reactive ketones (excluding diaryl/α,β-unsaturated/α-hetero) is 2. The fourth-order valence-electron chi connectivity index (χ4n) is 12.1. The maximum atomic E-state index is 14.6. The molecule has 16 atom stereocenters. The third-order valence-corrected chi connectivity index (χ3v) is 17.7. The predicted octanol–water partition coefficient (Wildman–Crippen LogP) is 4.68. The number of nitrogens with one attached hydrogen (secondary N) is 1. The van der Waals surface area contributed by atoms with Crippen molar-refractivity contribution in [2.75, 3.05) is 101 Å². The highest BCUT2D eigenvalue weighted by Gasteiger charge is 2.53. The number of aliphatic hydroxyl groups excluding tert-OH is 2. The highest BCUT2D eigenvalue weighted by atomic mass is 16.6. The van der Waals surface area contributed by atoms with Crippen LogP contribution < -0.4 is 11.1 Å². The lowest BCUT2D eigenvalue weighted by Crippen LogP contribution is -2.61. The molecule has 0 unspecified atom stereocenters. The van der Waals surface area contributed by atoms with Crippen LogP contribution in [-0.4, -0.2) is 227 Å². The lowest BCUT2D eigenvalue weighted by atomic mass is 9.80. The van der Waals surface area contributed by atoms with Crippen molar-refractivity contribution in [2.45, 2.75) is 185 Å². The van der Waals surface area contributed by atoms with Crippen molar-refractivity contribution in [3.63, 3.8) is 0 Å². The molecule has 21 heteroatoms. The predicted molar refractivity (Wildman–Crippen MR) is 313 cm³/mol. The van der Waals surface area contributed by atoms with E-state index in [1.165, 1.54) is 12.0 Å². The van der Waals surface area contributed by atoms with E-state index in [0.29, 0.717) is 89.6 Å². The molecule has 5 rings (SSSR count). The van der Waals surface area contributed by atoms with Gasteiger partial charge in [-0.2, -0.15) is 0 Å². The number of nitrogens with zero attached hydrogens (tertiary/aromatic N) is 3. The number of rotatable bonds is 16. The van der Waals surface area contributed by atoms with Crippen LogP contribution in [0.25, 0.3) is 0 Å². The molecular formula is C62H103N5O16. The number of esters is 1. The van der Waals surface area contributed by atoms with Gasteiger partial charge in [0.05, 0.1) is 50.8 Å². The molecule has 0 aromatic carbocycles. The van der Waals surface area contributed by atoms with Crippen LogP contribution in [0, 0.1) is 29.6 Å². The van der Waals surface area contributed by atoms with Crippen LogP contribution in [0.2, 0.25) is 0 Å². The zero-order valence-corrected chi connectivity index (χ0v) is 51.5. The summed E-state index contributed by atoms with van der Waals surface area (Å²) in [7, 11) is 6.63. The Morgan fingerprint density at radius 1 is 0.807 bits per heavy atom. The first-order chi connectivity index (χ1) is 39.6. The minimum Gasteiger partial charge on any atom is -0.459 e. The average molecular weight is 1170 g/mol. The Labute approximate surface area is 493 Å². The fourth-order valence-corrected chi connectivity index (χ4v) is 12.1. The first kappa shape index (κ1) is 69.8. The number of ether oxygens (including phenoxy) is 8. The van der Waals surface area contributed by atoms with Crippen LogP contribution in [0.5, 0.6) is 0 Å². The van der Waals surface area contributed by atoms with Gasteiger partial charge in [0.15, 0.2) is 5.78 Å². The summed E-state index contributed by atoms with van der Waals surface area (Å²) in [5, 5.41) is 38.3. The van der Waals surface area contributed by atoms with Crippen molar-refractivity contribution >= 4 is 29.5 Å². The van der Waals surface area contributed by atoms with Crippen molar-refractivity contribution in [3.8, 4) is 0 Å². The van der Waals surface area contributed by atoms with Crippen molar-refractivity contribution in [1.82, 2.24) is 20.0 Å². The van der Waals surface area contributed by atoms with E-state index >= 15 is 0 Å². The number of nitrogens with two attached hydrogens (primary N) is 1. The van der Waals surface area contributed by atoms with E-state index in [2.05, 4.69) is 22.2 Å². The van der Waals surface area contributed by atoms with Crippen molar-refractivity contribution < 1.29 is 77.2 Å². The van der Waals surface area contributed by atoms with E-state index in [0.717, 1.165) is 38.3 Å². The molecule has 21 nitrogen and oxygen atoms in total. The Balaban J connectivity index is 1.30. The van der Waals surface area contributed by atoms with Crippen molar-refractivity contribution in [1.29, 1.82) is 0 Å². The molecule has 1 aliphatic carbocycles. The molecule has 4 heterocycles. The fraction of sp³-hybridized carbons (Fsp3) is 0.790. The molecule has 1 saturated carbocycles. The van der Waals surface area contributed by atoms with Crippen molar-refractivity contribution in [3.05, 3.63) is 47.6 Å². The Morgan fingerprint density at radius 3 is 2.23 bits per heavy atom. The summed E-state index contributed by atoms with van der Waals surface area (Å²) >= 11 is 0. The summed E-state index contributed by atoms with van der Waals surface area (Å²) in [4.78, 5) is 76.1. The second-order valence-corrected chi connectivity index (χ2v) is 24.2. The number of amides is 2. The molecule has 2 amide bonds. The first-order valence-corrected chi connectivity index (χ1v) is 30.5. The number of piperidine rings is 1. The molecule has 0 spiro atoms. The summed E-state index contributed by atoms with van der Waals surface area (Å²) < 4.78 is 47.1. The normalized spacial score (nSPS) is 35.6. The third kappa shape index (κ3) is 21.2. The minimum atomic E-state index is -2.47. The maximum Gasteiger partial charge on any atom is 0.407 e. The van der Waals surface area contributed by atoms with Crippen LogP contribution >= 0.6 is 0 Å². The number of fused-ring (bicyclic) bond motifs is 3. The largest absolute Gasteiger partial charge is 0.459 e. The first-order valence-electron chi connectivity index (χ1n) is 30.5. The van der Waals surface area contributed by atoms with Crippen molar-refractivity contribution in [2.24, 2.45) is 35.3 Å². The number of alkyl carbamates (subject to hydrolysis) is 1. The summed E-state index contributed by atoms with van der Waals surface area (Å²) in [6, 6.07) is -2.06. The molecular weight excluding hydrogens is 1070 g/mol. The molecule has 0 radical (unpaired) electrons. The SMILES string of the molecule is CO[C@H]1C[C@@H]2CC[C@@H](C)[C@@](O)(O2)C(=O)C(=O)N2CCCC[C@H]2C(=O)O[C@H]([C@H](N)C[C@@H]2CC[C@@H](OC(=O)NCCOCCOCCN3CCN(C)CC3)[C@H](OC)C2)C[C@@H](O)[C@H](C)/C=C(\C)[C@@H](O)[C@@H](OC)C(=O)[C@H](C)C[C@H](C)/C=C/C=CC=C1C. The highest BCUT2D eigenvalue weighted by molar-refractivity contribution is 6.39. The molecule has 4 aliphatic heterocycles. The number of hydrogen-bond donors (Lipinski definition) is 5. The summed E-state index contributed by atoms with van der Waals surface area (Å²) in [6.45, 7) is 18.0. The number of ketones is 2. The van der Waals surface area contributed by atoms with Gasteiger partial charge in [0, 0.05) is 104 Å². The molecule has 3 saturated heterocycles. The molecule has 5 aliphatic rings. The number of carbonyl (C=O) groups excluding carboxylic acids is 5. The number of cyclic esters (lactones) is 1. The number of methoxy groups -OCH3 is 3. The van der Waals surface area contributed by atoms with Gasteiger partial charge >= 0.3 is 12.1 Å². The van der Waals surface area contributed by atoms with Gasteiger partial charge in [-0.15, -0.1) is 0 Å². The van der Waals surface area contributed by atoms with Gasteiger partial charge in [0.2, 0.25) is 5.79 Å². The topological polar surface area (TPSA) is 268 Å². The number of hydrogen-bond acceptors (Lipinski definition) is 19. The van der Waals surface area contributed by atoms with Gasteiger partial charge in [0.25, 0.3) is 11.7 Å². The van der Waals surface area contributed by atoms with E-state index in [9.17, 15) is 39.3 Å². The molecule has 0 aromatic rings. The smallest absolute Gasteiger partial charge is 0.407 e. The Hall–Kier alpha value is -3.97. The van der Waals surface area contributed by atoms with E-state index < -0.39 is 108 Å². The molecule has 472 valence electrons. The number of likely N-dealkylation sites (N-methyl/N-ethyl adjacent to an activating group) is 1. The lowest BCUT2D eigenvalue weighted by Gasteiger charge is -2.42. The van der Waals surface area contributed by atoms with Crippen LogP contribution in [0.1, 0.15) is 119 Å². The summed E-state index contributed by atoms with van der Waals surface area (Å²) in [5.41, 5.74) is 8.31. The van der Waals surface area contributed by atoms with E-state index in [-0.39, 0.29) is 50.2 Å². The zero-order chi connectivity index (χ0) is 60.8. The Kier molecular flexibility index (Phi) is 29.4. The second-order valence-electron chi connectivity index (χ2n) is 24.2. The second kappa shape index (κ2) is 35.0. The van der Waals surface area contributed by atoms with Crippen LogP contribution in [0.3, 0.4) is 0 Å². The van der Waals surface area contributed by atoms with E-state index in [1.54, 1.807) is 41.1 Å². The van der Waals surface area contributed by atoms with E-state index in [1.807, 2.05) is 51.2 Å². The van der Waals surface area contributed by atoms with Gasteiger partial charge in [-0.1, -0.05) is 64.2 Å². The standard InChI is InChI=1S/C62H103N5O16/c1-40-16-12-11-13-17-41(2)52(76-8)38-47-21-19-45(6)62(75,83-47)58(71)59(72)67-24-15-14-18-49(67)60(73)81-53(39-50(68)42(3)35-44(5)56(70)57(78-10)55(69)43(4)34-40)48(63)36-46-20-22-51(54(37-46)77-9)82-61(74)64-23-30-79-32-33-80-31-29-66-27-25-65(7)26-28-66/h11-13,16-17,35,40,42-43,45-54,56-57,68,70,75H,14-15,18-34,36-39,63H2,1-10H3,(H,64,74)/b13-11?,16-12+,41-17?,44-35+/t40-,42-,43-,45-,46+,47+,48-,49+,50-,51-,52+,53+,54-,56-,57+,62-/m1/s1. The Bertz CT molecular complexity index is 2170. The molecule has 0 aromatic heterocycles. The highest BCUT2D eigenvalue weighted by Crippen LogP contribution is 2.38. The quantitative estimate of drug-likeness (QED) is 0.0608.